The minimum Gasteiger partial charge on any atom is -0.385 e. The smallest absolute Gasteiger partial charge is 0.108 e. The normalized spacial score (nSPS) is 25.4. The molecule has 3 rings (SSSR count). The Hall–Kier alpha value is -1.45. The van der Waals surface area contributed by atoms with E-state index in [0.717, 1.165) is 35.9 Å². The number of hydrogen-bond donors (Lipinski definition) is 1. The summed E-state index contributed by atoms with van der Waals surface area (Å²) in [6.07, 6.45) is 3.07. The zero-order chi connectivity index (χ0) is 12.6. The molecule has 3 heteroatoms. The summed E-state index contributed by atoms with van der Waals surface area (Å²) in [4.78, 5) is 4.32. The fourth-order valence-electron chi connectivity index (χ4n) is 2.71. The van der Waals surface area contributed by atoms with Crippen molar-refractivity contribution >= 4 is 10.9 Å². The second-order valence-corrected chi connectivity index (χ2v) is 5.08. The number of hydrogen-bond acceptors (Lipinski definition) is 3. The van der Waals surface area contributed by atoms with Gasteiger partial charge in [0.1, 0.15) is 6.10 Å². The lowest BCUT2D eigenvalue weighted by Gasteiger charge is -2.30. The van der Waals surface area contributed by atoms with E-state index in [1.165, 1.54) is 0 Å². The standard InChI is InChI=1S/C15H17NO2/c1-15(8-4-10-18-15)14(17)12-5-2-7-13-11(12)6-3-9-16-13/h2-3,5-7,9,14,17H,4,8,10H2,1H3. The van der Waals surface area contributed by atoms with Gasteiger partial charge in [-0.1, -0.05) is 18.2 Å². The van der Waals surface area contributed by atoms with Gasteiger partial charge in [0.25, 0.3) is 0 Å². The molecule has 1 aliphatic heterocycles. The molecule has 0 saturated carbocycles. The third-order valence-electron chi connectivity index (χ3n) is 3.80. The highest BCUT2D eigenvalue weighted by Gasteiger charge is 2.38. The molecule has 3 nitrogen and oxygen atoms in total. The third kappa shape index (κ3) is 1.80. The van der Waals surface area contributed by atoms with E-state index in [2.05, 4.69) is 4.98 Å². The topological polar surface area (TPSA) is 42.4 Å². The molecule has 1 fully saturated rings. The minimum atomic E-state index is -0.604. The van der Waals surface area contributed by atoms with E-state index in [4.69, 9.17) is 4.74 Å². The maximum absolute atomic E-state index is 10.6. The lowest BCUT2D eigenvalue weighted by atomic mass is 9.88. The molecule has 1 N–H and O–H groups in total. The summed E-state index contributed by atoms with van der Waals surface area (Å²) in [5.74, 6) is 0. The molecule has 0 radical (unpaired) electrons. The monoisotopic (exact) mass is 243 g/mol. The molecular formula is C15H17NO2. The van der Waals surface area contributed by atoms with Crippen LogP contribution in [-0.2, 0) is 4.74 Å². The van der Waals surface area contributed by atoms with Gasteiger partial charge in [0.2, 0.25) is 0 Å². The van der Waals surface area contributed by atoms with Crippen molar-refractivity contribution in [3.8, 4) is 0 Å². The van der Waals surface area contributed by atoms with E-state index in [9.17, 15) is 5.11 Å². The summed E-state index contributed by atoms with van der Waals surface area (Å²) >= 11 is 0. The van der Waals surface area contributed by atoms with Gasteiger partial charge in [-0.2, -0.15) is 0 Å². The molecule has 0 amide bonds. The van der Waals surface area contributed by atoms with Crippen molar-refractivity contribution in [1.29, 1.82) is 0 Å². The van der Waals surface area contributed by atoms with Crippen LogP contribution in [0.4, 0.5) is 0 Å². The first kappa shape index (κ1) is 11.6. The molecule has 2 atom stereocenters. The number of ether oxygens (including phenoxy) is 1. The number of aliphatic hydroxyl groups is 1. The highest BCUT2D eigenvalue weighted by atomic mass is 16.5. The molecule has 0 aliphatic carbocycles. The molecule has 2 aromatic rings. The number of aliphatic hydroxyl groups excluding tert-OH is 1. The summed E-state index contributed by atoms with van der Waals surface area (Å²) in [5.41, 5.74) is 1.35. The molecule has 18 heavy (non-hydrogen) atoms. The van der Waals surface area contributed by atoms with Crippen LogP contribution in [0.25, 0.3) is 10.9 Å². The predicted molar refractivity (Wildman–Crippen MR) is 70.3 cm³/mol. The fraction of sp³-hybridized carbons (Fsp3) is 0.400. The number of aromatic nitrogens is 1. The first-order valence-electron chi connectivity index (χ1n) is 6.36. The highest BCUT2D eigenvalue weighted by molar-refractivity contribution is 5.82. The zero-order valence-corrected chi connectivity index (χ0v) is 10.5. The lowest BCUT2D eigenvalue weighted by Crippen LogP contribution is -2.32. The first-order valence-corrected chi connectivity index (χ1v) is 6.36. The second kappa shape index (κ2) is 4.34. The second-order valence-electron chi connectivity index (χ2n) is 5.08. The van der Waals surface area contributed by atoms with Crippen LogP contribution >= 0.6 is 0 Å². The average molecular weight is 243 g/mol. The van der Waals surface area contributed by atoms with Gasteiger partial charge in [-0.25, -0.2) is 0 Å². The largest absolute Gasteiger partial charge is 0.385 e. The van der Waals surface area contributed by atoms with Gasteiger partial charge >= 0.3 is 0 Å². The number of pyridine rings is 1. The average Bonchev–Trinajstić information content (AvgIpc) is 2.85. The number of fused-ring (bicyclic) bond motifs is 1. The number of nitrogens with zero attached hydrogens (tertiary/aromatic N) is 1. The van der Waals surface area contributed by atoms with Crippen LogP contribution in [0.3, 0.4) is 0 Å². The van der Waals surface area contributed by atoms with Crippen LogP contribution in [0.1, 0.15) is 31.4 Å². The van der Waals surface area contributed by atoms with Gasteiger partial charge in [-0.05, 0) is 37.5 Å². The highest BCUT2D eigenvalue weighted by Crippen LogP contribution is 2.39. The van der Waals surface area contributed by atoms with Crippen molar-refractivity contribution in [3.63, 3.8) is 0 Å². The van der Waals surface area contributed by atoms with Crippen molar-refractivity contribution in [2.24, 2.45) is 0 Å². The first-order chi connectivity index (χ1) is 8.71. The van der Waals surface area contributed by atoms with Crippen LogP contribution in [0.2, 0.25) is 0 Å². The third-order valence-corrected chi connectivity index (χ3v) is 3.80. The van der Waals surface area contributed by atoms with Gasteiger partial charge in [0.05, 0.1) is 11.1 Å². The van der Waals surface area contributed by atoms with Gasteiger partial charge in [0.15, 0.2) is 0 Å². The molecule has 2 heterocycles. The molecule has 2 unspecified atom stereocenters. The van der Waals surface area contributed by atoms with Crippen molar-refractivity contribution in [3.05, 3.63) is 42.1 Å². The molecule has 0 spiro atoms. The van der Waals surface area contributed by atoms with Crippen LogP contribution in [0.5, 0.6) is 0 Å². The quantitative estimate of drug-likeness (QED) is 0.882. The Balaban J connectivity index is 2.08. The molecule has 94 valence electrons. The van der Waals surface area contributed by atoms with Crippen LogP contribution in [-0.4, -0.2) is 22.3 Å². The molecule has 0 bridgehead atoms. The van der Waals surface area contributed by atoms with Crippen molar-refractivity contribution in [2.75, 3.05) is 6.61 Å². The van der Waals surface area contributed by atoms with E-state index >= 15 is 0 Å². The Labute approximate surface area is 106 Å². The Morgan fingerprint density at radius 3 is 3.00 bits per heavy atom. The minimum absolute atomic E-state index is 0.468. The van der Waals surface area contributed by atoms with E-state index in [1.807, 2.05) is 37.3 Å². The van der Waals surface area contributed by atoms with Crippen molar-refractivity contribution in [1.82, 2.24) is 4.98 Å². The van der Waals surface area contributed by atoms with Gasteiger partial charge in [-0.3, -0.25) is 4.98 Å². The summed E-state index contributed by atoms with van der Waals surface area (Å²) in [7, 11) is 0. The fourth-order valence-corrected chi connectivity index (χ4v) is 2.71. The van der Waals surface area contributed by atoms with Gasteiger partial charge < -0.3 is 9.84 Å². The van der Waals surface area contributed by atoms with Crippen LogP contribution in [0, 0.1) is 0 Å². The number of benzene rings is 1. The van der Waals surface area contributed by atoms with Gasteiger partial charge in [-0.15, -0.1) is 0 Å². The van der Waals surface area contributed by atoms with Crippen LogP contribution < -0.4 is 0 Å². The van der Waals surface area contributed by atoms with Gasteiger partial charge in [0, 0.05) is 18.2 Å². The zero-order valence-electron chi connectivity index (χ0n) is 10.5. The molecule has 1 aliphatic rings. The van der Waals surface area contributed by atoms with Crippen molar-refractivity contribution < 1.29 is 9.84 Å². The summed E-state index contributed by atoms with van der Waals surface area (Å²) < 4.78 is 5.74. The molecule has 1 aromatic carbocycles. The Kier molecular flexibility index (Phi) is 2.80. The summed E-state index contributed by atoms with van der Waals surface area (Å²) in [6, 6.07) is 9.76. The molecule has 1 aromatic heterocycles. The lowest BCUT2D eigenvalue weighted by molar-refractivity contribution is -0.0790. The predicted octanol–water partition coefficient (Wildman–Crippen LogP) is 2.84. The molecule has 1 saturated heterocycles. The van der Waals surface area contributed by atoms with Crippen molar-refractivity contribution in [2.45, 2.75) is 31.5 Å². The van der Waals surface area contributed by atoms with E-state index in [-0.39, 0.29) is 0 Å². The summed E-state index contributed by atoms with van der Waals surface area (Å²) in [5, 5.41) is 11.6. The van der Waals surface area contributed by atoms with E-state index in [0.29, 0.717) is 0 Å². The molecular weight excluding hydrogens is 226 g/mol. The SMILES string of the molecule is CC1(C(O)c2cccc3ncccc23)CCCO1. The Bertz CT molecular complexity index is 556. The van der Waals surface area contributed by atoms with E-state index < -0.39 is 11.7 Å². The Morgan fingerprint density at radius 1 is 1.33 bits per heavy atom. The Morgan fingerprint density at radius 2 is 2.22 bits per heavy atom. The van der Waals surface area contributed by atoms with Crippen LogP contribution in [0.15, 0.2) is 36.5 Å². The maximum atomic E-state index is 10.6. The number of rotatable bonds is 2. The van der Waals surface area contributed by atoms with E-state index in [1.54, 1.807) is 6.20 Å². The summed E-state index contributed by atoms with van der Waals surface area (Å²) in [6.45, 7) is 2.72. The maximum Gasteiger partial charge on any atom is 0.108 e.